The van der Waals surface area contributed by atoms with E-state index >= 15 is 0 Å². The summed E-state index contributed by atoms with van der Waals surface area (Å²) in [6.07, 6.45) is 7.89. The number of amides is 1. The summed E-state index contributed by atoms with van der Waals surface area (Å²) >= 11 is 0. The fraction of sp³-hybridized carbons (Fsp3) is 0.625. The van der Waals surface area contributed by atoms with Gasteiger partial charge in [-0.25, -0.2) is 0 Å². The van der Waals surface area contributed by atoms with E-state index in [2.05, 4.69) is 0 Å². The molecule has 0 radical (unpaired) electrons. The molecule has 1 saturated carbocycles. The van der Waals surface area contributed by atoms with Crippen LogP contribution >= 0.6 is 0 Å². The van der Waals surface area contributed by atoms with E-state index < -0.39 is 4.92 Å². The van der Waals surface area contributed by atoms with Crippen LogP contribution in [0.4, 0.5) is 5.69 Å². The highest BCUT2D eigenvalue weighted by Crippen LogP contribution is 2.35. The van der Waals surface area contributed by atoms with Crippen molar-refractivity contribution in [2.75, 3.05) is 6.54 Å². The van der Waals surface area contributed by atoms with Crippen LogP contribution in [0.15, 0.2) is 23.1 Å². The molecule has 1 aliphatic carbocycles. The molecule has 0 unspecified atom stereocenters. The number of fused-ring (bicyclic) bond motifs is 1. The van der Waals surface area contributed by atoms with Crippen LogP contribution in [0.3, 0.4) is 0 Å². The number of hydrogen-bond donors (Lipinski definition) is 0. The maximum atomic E-state index is 12.7. The lowest BCUT2D eigenvalue weighted by atomic mass is 9.78. The first-order valence-corrected chi connectivity index (χ1v) is 8.20. The summed E-state index contributed by atoms with van der Waals surface area (Å²) in [4.78, 5) is 36.7. The number of nitro groups is 1. The molecule has 0 aromatic carbocycles. The van der Waals surface area contributed by atoms with Gasteiger partial charge in [-0.05, 0) is 31.6 Å². The van der Waals surface area contributed by atoms with Crippen LogP contribution in [-0.4, -0.2) is 32.9 Å². The number of pyridine rings is 1. The Morgan fingerprint density at radius 2 is 1.96 bits per heavy atom. The fourth-order valence-corrected chi connectivity index (χ4v) is 3.92. The SMILES string of the molecule is O=C(Cn1cc([N+](=O)[O-])ccc1=O)N1CCC[C@@H]2CCCC[C@H]21. The first kappa shape index (κ1) is 15.7. The molecule has 2 aliphatic rings. The molecular formula is C16H21N3O4. The number of piperidine rings is 1. The lowest BCUT2D eigenvalue weighted by Crippen LogP contribution is -2.51. The molecule has 1 aromatic rings. The Labute approximate surface area is 134 Å². The molecule has 1 amide bonds. The van der Waals surface area contributed by atoms with Gasteiger partial charge in [0.05, 0.1) is 11.1 Å². The van der Waals surface area contributed by atoms with Gasteiger partial charge in [0.25, 0.3) is 11.2 Å². The van der Waals surface area contributed by atoms with Crippen LogP contribution in [0, 0.1) is 16.0 Å². The lowest BCUT2D eigenvalue weighted by Gasteiger charge is -2.44. The van der Waals surface area contributed by atoms with Crippen molar-refractivity contribution in [3.8, 4) is 0 Å². The van der Waals surface area contributed by atoms with Crippen LogP contribution in [0.25, 0.3) is 0 Å². The van der Waals surface area contributed by atoms with Crippen molar-refractivity contribution < 1.29 is 9.72 Å². The van der Waals surface area contributed by atoms with Gasteiger partial charge in [0.2, 0.25) is 5.91 Å². The normalized spacial score (nSPS) is 24.1. The van der Waals surface area contributed by atoms with Crippen LogP contribution in [0.5, 0.6) is 0 Å². The fourth-order valence-electron chi connectivity index (χ4n) is 3.92. The van der Waals surface area contributed by atoms with Crippen molar-refractivity contribution in [2.24, 2.45) is 5.92 Å². The molecule has 0 spiro atoms. The Hall–Kier alpha value is -2.18. The van der Waals surface area contributed by atoms with Crippen LogP contribution in [0.2, 0.25) is 0 Å². The highest BCUT2D eigenvalue weighted by Gasteiger charge is 2.35. The van der Waals surface area contributed by atoms with Gasteiger partial charge in [0, 0.05) is 24.7 Å². The number of rotatable bonds is 3. The first-order valence-electron chi connectivity index (χ1n) is 8.20. The zero-order valence-corrected chi connectivity index (χ0v) is 13.0. The smallest absolute Gasteiger partial charge is 0.285 e. The number of carbonyl (C=O) groups excluding carboxylic acids is 1. The third-order valence-corrected chi connectivity index (χ3v) is 5.05. The maximum Gasteiger partial charge on any atom is 0.285 e. The zero-order chi connectivity index (χ0) is 16.4. The molecule has 0 N–H and O–H groups in total. The minimum absolute atomic E-state index is 0.107. The third kappa shape index (κ3) is 3.28. The highest BCUT2D eigenvalue weighted by atomic mass is 16.6. The number of likely N-dealkylation sites (tertiary alicyclic amines) is 1. The predicted molar refractivity (Wildman–Crippen MR) is 84.0 cm³/mol. The van der Waals surface area contributed by atoms with E-state index in [1.54, 1.807) is 0 Å². The van der Waals surface area contributed by atoms with Gasteiger partial charge in [-0.3, -0.25) is 24.3 Å². The van der Waals surface area contributed by atoms with Crippen molar-refractivity contribution in [2.45, 2.75) is 51.1 Å². The van der Waals surface area contributed by atoms with E-state index in [1.807, 2.05) is 4.90 Å². The molecule has 0 bridgehead atoms. The summed E-state index contributed by atoms with van der Waals surface area (Å²) in [7, 11) is 0. The van der Waals surface area contributed by atoms with Crippen molar-refractivity contribution >= 4 is 11.6 Å². The number of nitrogens with zero attached hydrogens (tertiary/aromatic N) is 3. The minimum Gasteiger partial charge on any atom is -0.338 e. The molecule has 2 fully saturated rings. The summed E-state index contributed by atoms with van der Waals surface area (Å²) in [5.74, 6) is 0.465. The van der Waals surface area contributed by atoms with E-state index in [-0.39, 0.29) is 29.7 Å². The molecule has 7 heteroatoms. The van der Waals surface area contributed by atoms with E-state index in [1.165, 1.54) is 25.3 Å². The number of hydrogen-bond acceptors (Lipinski definition) is 4. The van der Waals surface area contributed by atoms with E-state index in [9.17, 15) is 19.7 Å². The molecule has 2 heterocycles. The summed E-state index contributed by atoms with van der Waals surface area (Å²) in [5.41, 5.74) is -0.562. The molecule has 1 saturated heterocycles. The van der Waals surface area contributed by atoms with Crippen LogP contribution in [-0.2, 0) is 11.3 Å². The maximum absolute atomic E-state index is 12.7. The predicted octanol–water partition coefficient (Wildman–Crippen LogP) is 1.94. The molecule has 1 aliphatic heterocycles. The monoisotopic (exact) mass is 319 g/mol. The van der Waals surface area contributed by atoms with Crippen molar-refractivity contribution in [3.05, 3.63) is 38.8 Å². The molecule has 23 heavy (non-hydrogen) atoms. The molecule has 1 aromatic heterocycles. The first-order chi connectivity index (χ1) is 11.1. The number of aromatic nitrogens is 1. The van der Waals surface area contributed by atoms with Gasteiger partial charge in [0.15, 0.2) is 0 Å². The Balaban J connectivity index is 1.77. The minimum atomic E-state index is -0.557. The van der Waals surface area contributed by atoms with Crippen LogP contribution < -0.4 is 5.56 Å². The molecule has 2 atom stereocenters. The van der Waals surface area contributed by atoms with Crippen molar-refractivity contribution in [1.29, 1.82) is 0 Å². The summed E-state index contributed by atoms with van der Waals surface area (Å²) in [5, 5.41) is 10.8. The van der Waals surface area contributed by atoms with E-state index in [0.717, 1.165) is 42.6 Å². The van der Waals surface area contributed by atoms with E-state index in [4.69, 9.17) is 0 Å². The van der Waals surface area contributed by atoms with Gasteiger partial charge < -0.3 is 4.90 Å². The summed E-state index contributed by atoms with van der Waals surface area (Å²) in [6.45, 7) is 0.605. The quantitative estimate of drug-likeness (QED) is 0.629. The summed E-state index contributed by atoms with van der Waals surface area (Å²) < 4.78 is 1.15. The third-order valence-electron chi connectivity index (χ3n) is 5.05. The van der Waals surface area contributed by atoms with Gasteiger partial charge >= 0.3 is 0 Å². The second-order valence-corrected chi connectivity index (χ2v) is 6.45. The average Bonchev–Trinajstić information content (AvgIpc) is 2.56. The molecular weight excluding hydrogens is 298 g/mol. The average molecular weight is 319 g/mol. The Morgan fingerprint density at radius 3 is 2.74 bits per heavy atom. The zero-order valence-electron chi connectivity index (χ0n) is 13.0. The lowest BCUT2D eigenvalue weighted by molar-refractivity contribution is -0.385. The van der Waals surface area contributed by atoms with Crippen molar-refractivity contribution in [3.63, 3.8) is 0 Å². The van der Waals surface area contributed by atoms with E-state index in [0.29, 0.717) is 5.92 Å². The van der Waals surface area contributed by atoms with Crippen LogP contribution in [0.1, 0.15) is 38.5 Å². The second-order valence-electron chi connectivity index (χ2n) is 6.45. The Kier molecular flexibility index (Phi) is 4.45. The molecule has 7 nitrogen and oxygen atoms in total. The van der Waals surface area contributed by atoms with Crippen molar-refractivity contribution in [1.82, 2.24) is 9.47 Å². The van der Waals surface area contributed by atoms with Gasteiger partial charge in [-0.2, -0.15) is 0 Å². The van der Waals surface area contributed by atoms with Gasteiger partial charge in [-0.1, -0.05) is 12.8 Å². The topological polar surface area (TPSA) is 85.5 Å². The van der Waals surface area contributed by atoms with Gasteiger partial charge in [0.1, 0.15) is 6.54 Å². The standard InChI is InChI=1S/C16H21N3O4/c20-15-8-7-13(19(22)23)10-17(15)11-16(21)18-9-3-5-12-4-1-2-6-14(12)18/h7-8,10,12,14H,1-6,9,11H2/t12-,14+/m0/s1. The summed E-state index contributed by atoms with van der Waals surface area (Å²) in [6, 6.07) is 2.59. The number of carbonyl (C=O) groups is 1. The van der Waals surface area contributed by atoms with Gasteiger partial charge in [-0.15, -0.1) is 0 Å². The Morgan fingerprint density at radius 1 is 1.22 bits per heavy atom. The highest BCUT2D eigenvalue weighted by molar-refractivity contribution is 5.76. The molecule has 3 rings (SSSR count). The second kappa shape index (κ2) is 6.52. The largest absolute Gasteiger partial charge is 0.338 e. The molecule has 124 valence electrons. The Bertz CT molecular complexity index is 668.